The molecule has 1 aromatic rings. The summed E-state index contributed by atoms with van der Waals surface area (Å²) in [6.07, 6.45) is 2.90. The van der Waals surface area contributed by atoms with Crippen molar-refractivity contribution in [2.75, 3.05) is 7.11 Å². The van der Waals surface area contributed by atoms with Gasteiger partial charge in [0.05, 0.1) is 22.7 Å². The highest BCUT2D eigenvalue weighted by molar-refractivity contribution is 6.48. The molecule has 1 aliphatic carbocycles. The maximum atomic E-state index is 9.41. The molecule has 1 aliphatic rings. The summed E-state index contributed by atoms with van der Waals surface area (Å²) in [4.78, 5) is 0. The smallest absolute Gasteiger partial charge is 0.122 e. The minimum atomic E-state index is 0.150. The minimum Gasteiger partial charge on any atom is -0.497 e. The number of ether oxygens (including phenoxy) is 1. The Morgan fingerprint density at radius 3 is 2.38 bits per heavy atom. The number of rotatable bonds is 2. The fourth-order valence-electron chi connectivity index (χ4n) is 1.84. The molecule has 0 radical (unpaired) electrons. The molecule has 106 valence electrons. The van der Waals surface area contributed by atoms with Crippen molar-refractivity contribution in [2.45, 2.75) is 0 Å². The predicted octanol–water partition coefficient (Wildman–Crippen LogP) is 4.06. The minimum absolute atomic E-state index is 0.150. The van der Waals surface area contributed by atoms with Crippen molar-refractivity contribution in [1.82, 2.24) is 0 Å². The molecular weight excluding hydrogens is 311 g/mol. The monoisotopic (exact) mass is 320 g/mol. The van der Waals surface area contributed by atoms with Gasteiger partial charge in [-0.3, -0.25) is 0 Å². The molecule has 0 bridgehead atoms. The molecular formula is C15H10Cl2N2O2. The van der Waals surface area contributed by atoms with Gasteiger partial charge in [0.25, 0.3) is 0 Å². The quantitative estimate of drug-likeness (QED) is 0.507. The second-order valence-electron chi connectivity index (χ2n) is 4.10. The Bertz CT molecular complexity index is 723. The van der Waals surface area contributed by atoms with Gasteiger partial charge in [0, 0.05) is 5.57 Å². The number of hydrogen-bond donors (Lipinski definition) is 1. The molecule has 1 aromatic carbocycles. The average molecular weight is 321 g/mol. The van der Waals surface area contributed by atoms with Crippen molar-refractivity contribution in [1.29, 1.82) is 5.26 Å². The molecule has 1 N–H and O–H groups in total. The summed E-state index contributed by atoms with van der Waals surface area (Å²) in [7, 11) is 1.57. The average Bonchev–Trinajstić information content (AvgIpc) is 2.51. The highest BCUT2D eigenvalue weighted by atomic mass is 35.5. The summed E-state index contributed by atoms with van der Waals surface area (Å²) >= 11 is 12.1. The molecule has 4 nitrogen and oxygen atoms in total. The third-order valence-corrected chi connectivity index (χ3v) is 3.52. The highest BCUT2D eigenvalue weighted by Crippen LogP contribution is 2.32. The number of nitrogens with zero attached hydrogens (tertiary/aromatic N) is 2. The molecule has 0 aromatic heterocycles. The number of nitriles is 1. The van der Waals surface area contributed by atoms with E-state index in [4.69, 9.17) is 33.1 Å². The largest absolute Gasteiger partial charge is 0.497 e. The standard InChI is InChI=1S/C15H10Cl2N2O2/c1-21-10-4-2-9(3-5-10)12(8-18)11-6-14(17)15(19-20)7-13(11)16/h2-7,20H,1H3/b12-11+,19-15+. The molecule has 0 saturated carbocycles. The van der Waals surface area contributed by atoms with Crippen LogP contribution in [0.3, 0.4) is 0 Å². The summed E-state index contributed by atoms with van der Waals surface area (Å²) in [5.74, 6) is 0.689. The van der Waals surface area contributed by atoms with E-state index in [1.807, 2.05) is 0 Å². The third-order valence-electron chi connectivity index (χ3n) is 2.90. The summed E-state index contributed by atoms with van der Waals surface area (Å²) in [5, 5.41) is 21.7. The van der Waals surface area contributed by atoms with E-state index in [1.54, 1.807) is 31.4 Å². The third kappa shape index (κ3) is 3.10. The van der Waals surface area contributed by atoms with Crippen LogP contribution >= 0.6 is 23.2 Å². The van der Waals surface area contributed by atoms with Crippen LogP contribution < -0.4 is 4.74 Å². The first-order valence-electron chi connectivity index (χ1n) is 5.86. The van der Waals surface area contributed by atoms with Crippen LogP contribution in [-0.4, -0.2) is 18.0 Å². The number of oxime groups is 1. The van der Waals surface area contributed by atoms with Crippen molar-refractivity contribution in [2.24, 2.45) is 5.16 Å². The van der Waals surface area contributed by atoms with Gasteiger partial charge in [-0.25, -0.2) is 0 Å². The predicted molar refractivity (Wildman–Crippen MR) is 82.6 cm³/mol. The van der Waals surface area contributed by atoms with Crippen molar-refractivity contribution in [3.8, 4) is 11.8 Å². The van der Waals surface area contributed by atoms with Gasteiger partial charge in [-0.15, -0.1) is 0 Å². The molecule has 0 heterocycles. The maximum absolute atomic E-state index is 9.41. The lowest BCUT2D eigenvalue weighted by Gasteiger charge is -2.12. The van der Waals surface area contributed by atoms with Crippen molar-refractivity contribution < 1.29 is 9.94 Å². The summed E-state index contributed by atoms with van der Waals surface area (Å²) in [5.41, 5.74) is 1.68. The van der Waals surface area contributed by atoms with Crippen LogP contribution in [0.25, 0.3) is 5.57 Å². The lowest BCUT2D eigenvalue weighted by atomic mass is 9.97. The number of methoxy groups -OCH3 is 1. The Kier molecular flexibility index (Phi) is 4.69. The van der Waals surface area contributed by atoms with E-state index in [0.29, 0.717) is 22.5 Å². The van der Waals surface area contributed by atoms with Gasteiger partial charge in [0.1, 0.15) is 17.5 Å². The molecule has 0 atom stereocenters. The van der Waals surface area contributed by atoms with Gasteiger partial charge >= 0.3 is 0 Å². The van der Waals surface area contributed by atoms with Crippen LogP contribution in [0.4, 0.5) is 0 Å². The summed E-state index contributed by atoms with van der Waals surface area (Å²) in [6, 6.07) is 9.13. The van der Waals surface area contributed by atoms with Gasteiger partial charge in [0.2, 0.25) is 0 Å². The Morgan fingerprint density at radius 1 is 1.19 bits per heavy atom. The SMILES string of the molecule is COc1ccc(/C(C#N)=C2C=C(Cl)/C(=N/O)C=C\2Cl)cc1. The van der Waals surface area contributed by atoms with E-state index in [0.717, 1.165) is 0 Å². The first-order valence-corrected chi connectivity index (χ1v) is 6.62. The van der Waals surface area contributed by atoms with Crippen LogP contribution in [-0.2, 0) is 0 Å². The summed E-state index contributed by atoms with van der Waals surface area (Å²) in [6.45, 7) is 0. The highest BCUT2D eigenvalue weighted by Gasteiger charge is 2.18. The zero-order valence-corrected chi connectivity index (χ0v) is 12.5. The van der Waals surface area contributed by atoms with E-state index in [9.17, 15) is 5.26 Å². The van der Waals surface area contributed by atoms with E-state index in [1.165, 1.54) is 12.2 Å². The number of allylic oxidation sites excluding steroid dienone is 6. The zero-order chi connectivity index (χ0) is 15.4. The van der Waals surface area contributed by atoms with Gasteiger partial charge < -0.3 is 9.94 Å². The van der Waals surface area contributed by atoms with Crippen LogP contribution in [0, 0.1) is 11.3 Å². The van der Waals surface area contributed by atoms with Crippen LogP contribution in [0.1, 0.15) is 5.56 Å². The van der Waals surface area contributed by atoms with Crippen LogP contribution in [0.5, 0.6) is 5.75 Å². The maximum Gasteiger partial charge on any atom is 0.122 e. The van der Waals surface area contributed by atoms with Gasteiger partial charge in [-0.2, -0.15) is 5.26 Å². The van der Waals surface area contributed by atoms with Crippen molar-refractivity contribution >= 4 is 34.5 Å². The number of hydrogen-bond acceptors (Lipinski definition) is 4. The van der Waals surface area contributed by atoms with E-state index in [-0.39, 0.29) is 15.8 Å². The zero-order valence-electron chi connectivity index (χ0n) is 11.0. The molecule has 0 aliphatic heterocycles. The van der Waals surface area contributed by atoms with Crippen molar-refractivity contribution in [3.63, 3.8) is 0 Å². The number of benzene rings is 1. The van der Waals surface area contributed by atoms with E-state index >= 15 is 0 Å². The first kappa shape index (κ1) is 15.2. The molecule has 0 fully saturated rings. The molecule has 2 rings (SSSR count). The molecule has 0 unspecified atom stereocenters. The summed E-state index contributed by atoms with van der Waals surface area (Å²) < 4.78 is 5.08. The second-order valence-corrected chi connectivity index (χ2v) is 4.91. The van der Waals surface area contributed by atoms with Gasteiger partial charge in [0.15, 0.2) is 0 Å². The van der Waals surface area contributed by atoms with Crippen LogP contribution in [0.2, 0.25) is 0 Å². The Balaban J connectivity index is 2.56. The fourth-order valence-corrected chi connectivity index (χ4v) is 2.30. The molecule has 0 amide bonds. The van der Waals surface area contributed by atoms with E-state index in [2.05, 4.69) is 11.2 Å². The van der Waals surface area contributed by atoms with Crippen LogP contribution in [0.15, 0.2) is 57.2 Å². The van der Waals surface area contributed by atoms with E-state index < -0.39 is 0 Å². The lowest BCUT2D eigenvalue weighted by molar-refractivity contribution is 0.320. The first-order chi connectivity index (χ1) is 10.1. The fraction of sp³-hybridized carbons (Fsp3) is 0.0667. The molecule has 21 heavy (non-hydrogen) atoms. The topological polar surface area (TPSA) is 65.6 Å². The van der Waals surface area contributed by atoms with Gasteiger partial charge in [-0.05, 0) is 42.0 Å². The lowest BCUT2D eigenvalue weighted by Crippen LogP contribution is -2.03. The Morgan fingerprint density at radius 2 is 1.86 bits per heavy atom. The van der Waals surface area contributed by atoms with Gasteiger partial charge in [-0.1, -0.05) is 28.4 Å². The van der Waals surface area contributed by atoms with Crippen molar-refractivity contribution in [3.05, 3.63) is 57.6 Å². The molecule has 6 heteroatoms. The normalized spacial score (nSPS) is 18.7. The molecule has 0 saturated heterocycles. The molecule has 0 spiro atoms. The second kappa shape index (κ2) is 6.49. The Labute approximate surface area is 131 Å². The number of halogens is 2. The Hall–Kier alpha value is -2.22.